The Morgan fingerprint density at radius 3 is 2.30 bits per heavy atom. The minimum absolute atomic E-state index is 0.718. The molecular weight excluding hydrogens is 240 g/mol. The third-order valence-corrected chi connectivity index (χ3v) is 5.64. The molecule has 0 amide bonds. The average Bonchev–Trinajstić information content (AvgIpc) is 3.09. The molecule has 1 fully saturated rings. The minimum atomic E-state index is 0.718. The summed E-state index contributed by atoms with van der Waals surface area (Å²) in [7, 11) is 0. The lowest BCUT2D eigenvalue weighted by molar-refractivity contribution is 0.504. The minimum Gasteiger partial charge on any atom is -0.0845 e. The number of hydrogen-bond donors (Lipinski definition) is 0. The molecule has 2 aromatic carbocycles. The number of hydrogen-bond acceptors (Lipinski definition) is 0. The zero-order valence-corrected chi connectivity index (χ0v) is 11.7. The standard InChI is InChI=1S/C20H18/c1-12-6-9-17-18(10-12)15-4-2-3-5-16(15)19-13-7-8-14(11-13)20(17)19/h2-10,13-14,19-20H,11H2,1H3. The molecule has 98 valence electrons. The molecule has 2 bridgehead atoms. The van der Waals surface area contributed by atoms with Gasteiger partial charge in [0.1, 0.15) is 0 Å². The highest BCUT2D eigenvalue weighted by atomic mass is 14.5. The molecule has 3 aliphatic carbocycles. The van der Waals surface area contributed by atoms with Crippen LogP contribution >= 0.6 is 0 Å². The van der Waals surface area contributed by atoms with E-state index < -0.39 is 0 Å². The molecular formula is C20H18. The van der Waals surface area contributed by atoms with Crippen molar-refractivity contribution in [3.8, 4) is 11.1 Å². The lowest BCUT2D eigenvalue weighted by atomic mass is 9.67. The smallest absolute Gasteiger partial charge is 0.00179 e. The summed E-state index contributed by atoms with van der Waals surface area (Å²) in [4.78, 5) is 0. The SMILES string of the molecule is Cc1ccc2c(c1)-c1ccccc1C1C3C=CC(C3)C21. The maximum atomic E-state index is 2.48. The molecule has 0 aliphatic heterocycles. The van der Waals surface area contributed by atoms with E-state index in [4.69, 9.17) is 0 Å². The van der Waals surface area contributed by atoms with E-state index in [9.17, 15) is 0 Å². The van der Waals surface area contributed by atoms with Crippen molar-refractivity contribution in [3.63, 3.8) is 0 Å². The quantitative estimate of drug-likeness (QED) is 0.580. The van der Waals surface area contributed by atoms with Crippen LogP contribution in [0.15, 0.2) is 54.6 Å². The molecule has 4 unspecified atom stereocenters. The van der Waals surface area contributed by atoms with Crippen LogP contribution < -0.4 is 0 Å². The second-order valence-corrected chi connectivity index (χ2v) is 6.68. The van der Waals surface area contributed by atoms with Gasteiger partial charge in [-0.15, -0.1) is 0 Å². The molecule has 0 radical (unpaired) electrons. The van der Waals surface area contributed by atoms with E-state index in [2.05, 4.69) is 61.5 Å². The zero-order chi connectivity index (χ0) is 13.3. The topological polar surface area (TPSA) is 0 Å². The summed E-state index contributed by atoms with van der Waals surface area (Å²) in [6, 6.07) is 16.2. The summed E-state index contributed by atoms with van der Waals surface area (Å²) in [5, 5.41) is 0. The van der Waals surface area contributed by atoms with Gasteiger partial charge in [0.05, 0.1) is 0 Å². The Hall–Kier alpha value is -1.82. The van der Waals surface area contributed by atoms with E-state index >= 15 is 0 Å². The molecule has 4 atom stereocenters. The number of fused-ring (bicyclic) bond motifs is 10. The van der Waals surface area contributed by atoms with E-state index in [1.807, 2.05) is 0 Å². The van der Waals surface area contributed by atoms with Crippen molar-refractivity contribution in [3.05, 3.63) is 71.3 Å². The average molecular weight is 258 g/mol. The summed E-state index contributed by atoms with van der Waals surface area (Å²) in [6.45, 7) is 2.20. The number of benzene rings is 2. The highest BCUT2D eigenvalue weighted by Gasteiger charge is 2.49. The second-order valence-electron chi connectivity index (χ2n) is 6.68. The van der Waals surface area contributed by atoms with Crippen LogP contribution in [0.3, 0.4) is 0 Å². The lowest BCUT2D eigenvalue weighted by Gasteiger charge is -2.36. The first kappa shape index (κ1) is 10.9. The number of allylic oxidation sites excluding steroid dienone is 2. The number of aryl methyl sites for hydroxylation is 1. The van der Waals surface area contributed by atoms with Crippen LogP contribution in [-0.4, -0.2) is 0 Å². The summed E-state index contributed by atoms with van der Waals surface area (Å²) in [6.07, 6.45) is 6.31. The zero-order valence-electron chi connectivity index (χ0n) is 11.7. The van der Waals surface area contributed by atoms with Crippen molar-refractivity contribution in [2.24, 2.45) is 11.8 Å². The van der Waals surface area contributed by atoms with Crippen molar-refractivity contribution in [1.29, 1.82) is 0 Å². The fourth-order valence-corrected chi connectivity index (χ4v) is 4.90. The Bertz CT molecular complexity index is 737. The van der Waals surface area contributed by atoms with E-state index in [0.717, 1.165) is 23.7 Å². The van der Waals surface area contributed by atoms with Crippen LogP contribution in [0.4, 0.5) is 0 Å². The predicted octanol–water partition coefficient (Wildman–Crippen LogP) is 5.05. The van der Waals surface area contributed by atoms with Crippen molar-refractivity contribution < 1.29 is 0 Å². The van der Waals surface area contributed by atoms with Crippen molar-refractivity contribution in [1.82, 2.24) is 0 Å². The fraction of sp³-hybridized carbons (Fsp3) is 0.300. The van der Waals surface area contributed by atoms with Gasteiger partial charge in [0.25, 0.3) is 0 Å². The molecule has 20 heavy (non-hydrogen) atoms. The molecule has 0 N–H and O–H groups in total. The van der Waals surface area contributed by atoms with Gasteiger partial charge >= 0.3 is 0 Å². The Morgan fingerprint density at radius 1 is 0.800 bits per heavy atom. The number of rotatable bonds is 0. The van der Waals surface area contributed by atoms with Crippen LogP contribution in [0, 0.1) is 18.8 Å². The second kappa shape index (κ2) is 3.63. The van der Waals surface area contributed by atoms with Gasteiger partial charge in [0, 0.05) is 0 Å². The van der Waals surface area contributed by atoms with E-state index in [1.54, 1.807) is 11.1 Å². The molecule has 0 heteroatoms. The Balaban J connectivity index is 1.85. The molecule has 3 aliphatic rings. The Kier molecular flexibility index (Phi) is 1.98. The molecule has 0 aromatic heterocycles. The highest BCUT2D eigenvalue weighted by molar-refractivity contribution is 5.76. The van der Waals surface area contributed by atoms with Gasteiger partial charge in [-0.3, -0.25) is 0 Å². The van der Waals surface area contributed by atoms with Gasteiger partial charge in [0.2, 0.25) is 0 Å². The van der Waals surface area contributed by atoms with Gasteiger partial charge in [-0.2, -0.15) is 0 Å². The molecule has 0 heterocycles. The largest absolute Gasteiger partial charge is 0.0845 e. The van der Waals surface area contributed by atoms with Crippen LogP contribution in [0.5, 0.6) is 0 Å². The van der Waals surface area contributed by atoms with E-state index in [1.165, 1.54) is 23.1 Å². The van der Waals surface area contributed by atoms with Crippen molar-refractivity contribution >= 4 is 0 Å². The first-order valence-corrected chi connectivity index (χ1v) is 7.71. The normalized spacial score (nSPS) is 31.9. The predicted molar refractivity (Wildman–Crippen MR) is 82.8 cm³/mol. The summed E-state index contributed by atoms with van der Waals surface area (Å²) < 4.78 is 0. The fourth-order valence-electron chi connectivity index (χ4n) is 4.90. The summed E-state index contributed by atoms with van der Waals surface area (Å²) in [5.74, 6) is 2.97. The van der Waals surface area contributed by atoms with Crippen molar-refractivity contribution in [2.75, 3.05) is 0 Å². The summed E-state index contributed by atoms with van der Waals surface area (Å²) in [5.41, 5.74) is 7.52. The maximum absolute atomic E-state index is 2.48. The first-order valence-electron chi connectivity index (χ1n) is 7.71. The maximum Gasteiger partial charge on any atom is -0.00179 e. The molecule has 0 spiro atoms. The summed E-state index contributed by atoms with van der Waals surface area (Å²) >= 11 is 0. The molecule has 2 aromatic rings. The van der Waals surface area contributed by atoms with Crippen LogP contribution in [-0.2, 0) is 0 Å². The van der Waals surface area contributed by atoms with Gasteiger partial charge in [-0.05, 0) is 59.3 Å². The molecule has 0 saturated heterocycles. The van der Waals surface area contributed by atoms with Crippen molar-refractivity contribution in [2.45, 2.75) is 25.2 Å². The van der Waals surface area contributed by atoms with Gasteiger partial charge in [-0.1, -0.05) is 60.2 Å². The van der Waals surface area contributed by atoms with Crippen LogP contribution in [0.2, 0.25) is 0 Å². The molecule has 1 saturated carbocycles. The Morgan fingerprint density at radius 2 is 1.50 bits per heavy atom. The first-order chi connectivity index (χ1) is 9.83. The van der Waals surface area contributed by atoms with Gasteiger partial charge in [-0.25, -0.2) is 0 Å². The van der Waals surface area contributed by atoms with E-state index in [-0.39, 0.29) is 0 Å². The van der Waals surface area contributed by atoms with Gasteiger partial charge < -0.3 is 0 Å². The molecule has 0 nitrogen and oxygen atoms in total. The van der Waals surface area contributed by atoms with Crippen LogP contribution in [0.25, 0.3) is 11.1 Å². The van der Waals surface area contributed by atoms with E-state index in [0.29, 0.717) is 0 Å². The highest BCUT2D eigenvalue weighted by Crippen LogP contribution is 2.62. The Labute approximate surface area is 120 Å². The lowest BCUT2D eigenvalue weighted by Crippen LogP contribution is -2.21. The molecule has 5 rings (SSSR count). The monoisotopic (exact) mass is 258 g/mol. The van der Waals surface area contributed by atoms with Crippen LogP contribution in [0.1, 0.15) is 34.9 Å². The third-order valence-electron chi connectivity index (χ3n) is 5.64. The third kappa shape index (κ3) is 1.22. The van der Waals surface area contributed by atoms with Gasteiger partial charge in [0.15, 0.2) is 0 Å².